The second kappa shape index (κ2) is 3.83. The predicted octanol–water partition coefficient (Wildman–Crippen LogP) is 1.29. The van der Waals surface area contributed by atoms with Crippen LogP contribution in [0.3, 0.4) is 0 Å². The molecule has 0 radical (unpaired) electrons. The maximum atomic E-state index is 10.3. The lowest BCUT2D eigenvalue weighted by molar-refractivity contribution is -0.386. The number of phenolic OH excluding ortho intramolecular Hbond substituents is 1. The molecule has 0 aromatic heterocycles. The molecular formula is C7H7NO5. The second-order valence-electron chi connectivity index (χ2n) is 2.32. The van der Waals surface area contributed by atoms with Crippen LogP contribution in [-0.2, 0) is 11.5 Å². The van der Waals surface area contributed by atoms with Crippen molar-refractivity contribution in [3.8, 4) is 5.75 Å². The average molecular weight is 185 g/mol. The zero-order valence-electron chi connectivity index (χ0n) is 6.51. The minimum Gasteiger partial charge on any atom is -0.502 e. The van der Waals surface area contributed by atoms with Gasteiger partial charge >= 0.3 is 5.69 Å². The molecule has 1 aromatic rings. The predicted molar refractivity (Wildman–Crippen MR) is 42.2 cm³/mol. The minimum absolute atomic E-state index is 0.164. The van der Waals surface area contributed by atoms with E-state index in [0.29, 0.717) is 0 Å². The molecule has 2 N–H and O–H groups in total. The van der Waals surface area contributed by atoms with Gasteiger partial charge in [0.15, 0.2) is 5.75 Å². The molecule has 70 valence electrons. The molecule has 6 heteroatoms. The number of nitrogens with zero attached hydrogens (tertiary/aromatic N) is 1. The van der Waals surface area contributed by atoms with Crippen LogP contribution >= 0.6 is 0 Å². The Balaban J connectivity index is 3.10. The van der Waals surface area contributed by atoms with Crippen LogP contribution < -0.4 is 0 Å². The lowest BCUT2D eigenvalue weighted by atomic mass is 10.2. The van der Waals surface area contributed by atoms with E-state index in [2.05, 4.69) is 4.89 Å². The van der Waals surface area contributed by atoms with Crippen molar-refractivity contribution < 1.29 is 20.2 Å². The summed E-state index contributed by atoms with van der Waals surface area (Å²) in [6.07, 6.45) is 0. The van der Waals surface area contributed by atoms with Gasteiger partial charge in [0.05, 0.1) is 4.92 Å². The Bertz CT molecular complexity index is 325. The summed E-state index contributed by atoms with van der Waals surface area (Å²) in [5.41, 5.74) is -0.244. The van der Waals surface area contributed by atoms with Crippen molar-refractivity contribution in [2.75, 3.05) is 0 Å². The molecule has 0 aliphatic rings. The largest absolute Gasteiger partial charge is 0.502 e. The molecule has 0 bridgehead atoms. The standard InChI is InChI=1S/C7H7NO5/c9-7-5(4-13-12)2-1-3-6(7)8(10)11/h1-3,9,12H,4H2. The van der Waals surface area contributed by atoms with Gasteiger partial charge in [0, 0.05) is 11.6 Å². The van der Waals surface area contributed by atoms with Crippen LogP contribution in [0.5, 0.6) is 5.75 Å². The number of phenols is 1. The molecule has 0 amide bonds. The van der Waals surface area contributed by atoms with E-state index in [9.17, 15) is 15.2 Å². The first-order valence-electron chi connectivity index (χ1n) is 3.38. The maximum absolute atomic E-state index is 10.3. The first-order valence-corrected chi connectivity index (χ1v) is 3.38. The van der Waals surface area contributed by atoms with Gasteiger partial charge in [0.25, 0.3) is 0 Å². The highest BCUT2D eigenvalue weighted by Crippen LogP contribution is 2.29. The van der Waals surface area contributed by atoms with Crippen LogP contribution in [0, 0.1) is 10.1 Å². The van der Waals surface area contributed by atoms with Gasteiger partial charge < -0.3 is 5.11 Å². The van der Waals surface area contributed by atoms with E-state index in [1.54, 1.807) is 0 Å². The molecule has 0 aliphatic heterocycles. The Morgan fingerprint density at radius 2 is 2.23 bits per heavy atom. The van der Waals surface area contributed by atoms with Gasteiger partial charge in [-0.05, 0) is 0 Å². The van der Waals surface area contributed by atoms with Gasteiger partial charge in [0.1, 0.15) is 6.61 Å². The highest BCUT2D eigenvalue weighted by molar-refractivity contribution is 5.50. The quantitative estimate of drug-likeness (QED) is 0.420. The lowest BCUT2D eigenvalue weighted by Crippen LogP contribution is -1.93. The van der Waals surface area contributed by atoms with Crippen LogP contribution in [-0.4, -0.2) is 15.3 Å². The normalized spacial score (nSPS) is 9.92. The van der Waals surface area contributed by atoms with Crippen molar-refractivity contribution in [3.63, 3.8) is 0 Å². The summed E-state index contributed by atoms with van der Waals surface area (Å²) in [7, 11) is 0. The molecule has 6 nitrogen and oxygen atoms in total. The van der Waals surface area contributed by atoms with E-state index in [4.69, 9.17) is 5.26 Å². The Morgan fingerprint density at radius 1 is 1.54 bits per heavy atom. The van der Waals surface area contributed by atoms with Crippen LogP contribution in [0.25, 0.3) is 0 Å². The van der Waals surface area contributed by atoms with Gasteiger partial charge in [-0.3, -0.25) is 15.4 Å². The van der Waals surface area contributed by atoms with Crippen LogP contribution in [0.15, 0.2) is 18.2 Å². The van der Waals surface area contributed by atoms with E-state index in [-0.39, 0.29) is 12.2 Å². The summed E-state index contributed by atoms with van der Waals surface area (Å²) in [5, 5.41) is 27.7. The molecule has 1 aromatic carbocycles. The fourth-order valence-corrected chi connectivity index (χ4v) is 0.911. The number of hydrogen-bond donors (Lipinski definition) is 2. The van der Waals surface area contributed by atoms with E-state index < -0.39 is 16.4 Å². The van der Waals surface area contributed by atoms with Gasteiger partial charge in [-0.2, -0.15) is 0 Å². The van der Waals surface area contributed by atoms with E-state index in [0.717, 1.165) is 6.07 Å². The fourth-order valence-electron chi connectivity index (χ4n) is 0.911. The van der Waals surface area contributed by atoms with E-state index >= 15 is 0 Å². The Labute approximate surface area is 73.1 Å². The molecule has 0 unspecified atom stereocenters. The Morgan fingerprint density at radius 3 is 2.77 bits per heavy atom. The number of nitro benzene ring substituents is 1. The van der Waals surface area contributed by atoms with Gasteiger partial charge in [-0.25, -0.2) is 4.89 Å². The third-order valence-electron chi connectivity index (χ3n) is 1.52. The number of hydrogen-bond acceptors (Lipinski definition) is 5. The third kappa shape index (κ3) is 1.92. The first-order chi connectivity index (χ1) is 6.16. The van der Waals surface area contributed by atoms with Crippen LogP contribution in [0.2, 0.25) is 0 Å². The SMILES string of the molecule is O=[N+]([O-])c1cccc(COO)c1O. The number of rotatable bonds is 3. The van der Waals surface area contributed by atoms with Crippen LogP contribution in [0.4, 0.5) is 5.69 Å². The molecule has 1 rings (SSSR count). The smallest absolute Gasteiger partial charge is 0.311 e. The molecule has 0 saturated carbocycles. The van der Waals surface area contributed by atoms with E-state index in [1.807, 2.05) is 0 Å². The zero-order valence-corrected chi connectivity index (χ0v) is 6.51. The molecule has 0 fully saturated rings. The first kappa shape index (κ1) is 9.43. The third-order valence-corrected chi connectivity index (χ3v) is 1.52. The molecule has 13 heavy (non-hydrogen) atoms. The van der Waals surface area contributed by atoms with Crippen molar-refractivity contribution in [1.82, 2.24) is 0 Å². The van der Waals surface area contributed by atoms with Crippen molar-refractivity contribution in [2.24, 2.45) is 0 Å². The summed E-state index contributed by atoms with van der Waals surface area (Å²) in [4.78, 5) is 13.4. The summed E-state index contributed by atoms with van der Waals surface area (Å²) >= 11 is 0. The Kier molecular flexibility index (Phi) is 2.78. The second-order valence-corrected chi connectivity index (χ2v) is 2.32. The van der Waals surface area contributed by atoms with Gasteiger partial charge in [-0.1, -0.05) is 12.1 Å². The lowest BCUT2D eigenvalue weighted by Gasteiger charge is -2.01. The summed E-state index contributed by atoms with van der Waals surface area (Å²) in [6.45, 7) is -0.284. The highest BCUT2D eigenvalue weighted by Gasteiger charge is 2.15. The van der Waals surface area contributed by atoms with Crippen molar-refractivity contribution >= 4 is 5.69 Å². The maximum Gasteiger partial charge on any atom is 0.311 e. The van der Waals surface area contributed by atoms with Crippen molar-refractivity contribution in [1.29, 1.82) is 0 Å². The zero-order chi connectivity index (χ0) is 9.84. The molecule has 0 aliphatic carbocycles. The summed E-state index contributed by atoms with van der Waals surface area (Å²) in [5.74, 6) is -0.485. The van der Waals surface area contributed by atoms with Gasteiger partial charge in [-0.15, -0.1) is 0 Å². The van der Waals surface area contributed by atoms with Gasteiger partial charge in [0.2, 0.25) is 0 Å². The van der Waals surface area contributed by atoms with Crippen LogP contribution in [0.1, 0.15) is 5.56 Å². The highest BCUT2D eigenvalue weighted by atomic mass is 17.1. The summed E-state index contributed by atoms with van der Waals surface area (Å²) < 4.78 is 0. The molecular weight excluding hydrogens is 178 g/mol. The fraction of sp³-hybridized carbons (Fsp3) is 0.143. The monoisotopic (exact) mass is 185 g/mol. The number of benzene rings is 1. The molecule has 0 spiro atoms. The topological polar surface area (TPSA) is 92.8 Å². The molecule has 0 heterocycles. The Hall–Kier alpha value is -1.66. The number of aromatic hydroxyl groups is 1. The number of nitro groups is 1. The van der Waals surface area contributed by atoms with Crippen molar-refractivity contribution in [3.05, 3.63) is 33.9 Å². The average Bonchev–Trinajstić information content (AvgIpc) is 2.08. The summed E-state index contributed by atoms with van der Waals surface area (Å²) in [6, 6.07) is 3.97. The van der Waals surface area contributed by atoms with E-state index in [1.165, 1.54) is 12.1 Å². The molecule has 0 atom stereocenters. The van der Waals surface area contributed by atoms with Crippen molar-refractivity contribution in [2.45, 2.75) is 6.61 Å². The number of para-hydroxylation sites is 1. The minimum atomic E-state index is -0.712. The molecule has 0 saturated heterocycles.